The number of hydrogen-bond donors (Lipinski definition) is 2. The minimum atomic E-state index is -1.10. The van der Waals surface area contributed by atoms with E-state index in [0.29, 0.717) is 17.2 Å². The monoisotopic (exact) mass is 372 g/mol. The van der Waals surface area contributed by atoms with Crippen LogP contribution in [0.25, 0.3) is 6.08 Å². The second kappa shape index (κ2) is 9.62. The highest BCUT2D eigenvalue weighted by Gasteiger charge is 2.24. The lowest BCUT2D eigenvalue weighted by Crippen LogP contribution is -2.41. The van der Waals surface area contributed by atoms with Crippen molar-refractivity contribution in [2.24, 2.45) is 5.92 Å². The smallest absolute Gasteiger partial charge is 0.341 e. The number of methoxy groups -OCH3 is 1. The zero-order chi connectivity index (χ0) is 19.8. The summed E-state index contributed by atoms with van der Waals surface area (Å²) in [5.74, 6) is -0.490. The van der Waals surface area contributed by atoms with Crippen molar-refractivity contribution in [2.45, 2.75) is 38.6 Å². The number of carbonyl (C=O) groups excluding carboxylic acids is 1. The number of benzene rings is 1. The first-order valence-electron chi connectivity index (χ1n) is 8.90. The number of carboxylic acids is 1. The number of aliphatic carboxylic acids is 1. The molecule has 27 heavy (non-hydrogen) atoms. The van der Waals surface area contributed by atoms with Crippen molar-refractivity contribution in [3.8, 4) is 17.6 Å². The van der Waals surface area contributed by atoms with Gasteiger partial charge < -0.3 is 19.9 Å². The number of carbonyl (C=O) groups is 2. The van der Waals surface area contributed by atoms with E-state index in [2.05, 4.69) is 12.2 Å². The number of nitriles is 1. The zero-order valence-electron chi connectivity index (χ0n) is 15.5. The minimum absolute atomic E-state index is 0.00836. The van der Waals surface area contributed by atoms with Gasteiger partial charge in [0.05, 0.1) is 7.11 Å². The fourth-order valence-electron chi connectivity index (χ4n) is 3.12. The van der Waals surface area contributed by atoms with Crippen LogP contribution in [-0.2, 0) is 9.59 Å². The van der Waals surface area contributed by atoms with Gasteiger partial charge in [0, 0.05) is 6.04 Å². The van der Waals surface area contributed by atoms with Crippen LogP contribution in [0.2, 0.25) is 0 Å². The molecule has 0 spiro atoms. The average Bonchev–Trinajstić information content (AvgIpc) is 2.66. The summed E-state index contributed by atoms with van der Waals surface area (Å²) in [5, 5.41) is 21.0. The van der Waals surface area contributed by atoms with E-state index in [1.807, 2.05) is 6.07 Å². The normalized spacial score (nSPS) is 19.7. The highest BCUT2D eigenvalue weighted by Crippen LogP contribution is 2.29. The molecule has 7 nitrogen and oxygen atoms in total. The molecule has 0 unspecified atom stereocenters. The second-order valence-corrected chi connectivity index (χ2v) is 6.60. The molecule has 7 heteroatoms. The van der Waals surface area contributed by atoms with E-state index >= 15 is 0 Å². The number of rotatable bonds is 7. The summed E-state index contributed by atoms with van der Waals surface area (Å²) in [7, 11) is 1.43. The number of hydrogen-bond acceptors (Lipinski definition) is 5. The summed E-state index contributed by atoms with van der Waals surface area (Å²) in [6, 6.07) is 6.80. The Kier molecular flexibility index (Phi) is 7.24. The van der Waals surface area contributed by atoms with Gasteiger partial charge in [0.15, 0.2) is 18.1 Å². The van der Waals surface area contributed by atoms with Crippen molar-refractivity contribution in [2.75, 3.05) is 13.7 Å². The van der Waals surface area contributed by atoms with Gasteiger partial charge in [-0.1, -0.05) is 25.8 Å². The highest BCUT2D eigenvalue weighted by atomic mass is 16.5. The van der Waals surface area contributed by atoms with Crippen molar-refractivity contribution in [3.63, 3.8) is 0 Å². The van der Waals surface area contributed by atoms with Crippen LogP contribution >= 0.6 is 0 Å². The third kappa shape index (κ3) is 5.74. The van der Waals surface area contributed by atoms with Gasteiger partial charge in [-0.15, -0.1) is 0 Å². The molecular weight excluding hydrogens is 348 g/mol. The number of carboxylic acid groups (broad SMARTS) is 1. The molecule has 2 rings (SSSR count). The molecule has 1 aliphatic rings. The molecule has 0 saturated heterocycles. The van der Waals surface area contributed by atoms with Crippen LogP contribution in [0, 0.1) is 17.2 Å². The van der Waals surface area contributed by atoms with Crippen LogP contribution in [0.5, 0.6) is 11.5 Å². The number of amides is 1. The van der Waals surface area contributed by atoms with Gasteiger partial charge in [-0.05, 0) is 42.5 Å². The maximum Gasteiger partial charge on any atom is 0.341 e. The summed E-state index contributed by atoms with van der Waals surface area (Å²) in [5.41, 5.74) is 0.590. The predicted octanol–water partition coefficient (Wildman–Crippen LogP) is 2.76. The molecule has 1 saturated carbocycles. The molecule has 0 radical (unpaired) electrons. The number of nitrogens with one attached hydrogen (secondary N) is 1. The lowest BCUT2D eigenvalue weighted by molar-refractivity contribution is -0.139. The van der Waals surface area contributed by atoms with Gasteiger partial charge in [0.1, 0.15) is 11.6 Å². The van der Waals surface area contributed by atoms with E-state index in [1.54, 1.807) is 18.2 Å². The Balaban J connectivity index is 2.14. The van der Waals surface area contributed by atoms with Gasteiger partial charge in [0.25, 0.3) is 5.91 Å². The molecule has 0 aromatic heterocycles. The summed E-state index contributed by atoms with van der Waals surface area (Å²) in [6.45, 7) is 1.62. The first-order chi connectivity index (χ1) is 12.9. The molecule has 1 fully saturated rings. The largest absolute Gasteiger partial charge is 0.493 e. The molecule has 1 amide bonds. The Labute approximate surface area is 158 Å². The Morgan fingerprint density at radius 3 is 2.70 bits per heavy atom. The molecule has 1 aromatic carbocycles. The molecule has 1 aromatic rings. The minimum Gasteiger partial charge on any atom is -0.493 e. The van der Waals surface area contributed by atoms with Gasteiger partial charge in [-0.3, -0.25) is 4.79 Å². The SMILES string of the molecule is COc1cc(/C=C(\C#N)C(=O)N[C@@H]2CCCC[C@H]2C)ccc1OCC(=O)O. The molecular formula is C20H24N2O5. The number of nitrogens with zero attached hydrogens (tertiary/aromatic N) is 1. The van der Waals surface area contributed by atoms with E-state index < -0.39 is 12.6 Å². The van der Waals surface area contributed by atoms with Crippen LogP contribution in [-0.4, -0.2) is 36.7 Å². The van der Waals surface area contributed by atoms with Crippen LogP contribution in [0.3, 0.4) is 0 Å². The van der Waals surface area contributed by atoms with Crippen molar-refractivity contribution < 1.29 is 24.2 Å². The first kappa shape index (κ1) is 20.3. The summed E-state index contributed by atoms with van der Waals surface area (Å²) in [4.78, 5) is 23.1. The maximum atomic E-state index is 12.5. The van der Waals surface area contributed by atoms with Crippen LogP contribution in [0.1, 0.15) is 38.2 Å². The molecule has 0 heterocycles. The Morgan fingerprint density at radius 2 is 2.07 bits per heavy atom. The summed E-state index contributed by atoms with van der Waals surface area (Å²) >= 11 is 0. The van der Waals surface area contributed by atoms with E-state index in [9.17, 15) is 14.9 Å². The maximum absolute atomic E-state index is 12.5. The Bertz CT molecular complexity index is 766. The molecule has 0 aliphatic heterocycles. The molecule has 2 atom stereocenters. The third-order valence-electron chi connectivity index (χ3n) is 4.64. The molecule has 1 aliphatic carbocycles. The molecule has 144 valence electrons. The third-order valence-corrected chi connectivity index (χ3v) is 4.64. The van der Waals surface area contributed by atoms with Crippen molar-refractivity contribution >= 4 is 18.0 Å². The van der Waals surface area contributed by atoms with Crippen molar-refractivity contribution in [1.29, 1.82) is 5.26 Å². The summed E-state index contributed by atoms with van der Waals surface area (Å²) in [6.07, 6.45) is 5.73. The van der Waals surface area contributed by atoms with E-state index in [4.69, 9.17) is 14.6 Å². The van der Waals surface area contributed by atoms with Crippen molar-refractivity contribution in [3.05, 3.63) is 29.3 Å². The lowest BCUT2D eigenvalue weighted by atomic mass is 9.86. The van der Waals surface area contributed by atoms with Crippen molar-refractivity contribution in [1.82, 2.24) is 5.32 Å². The van der Waals surface area contributed by atoms with Gasteiger partial charge in [0.2, 0.25) is 0 Å². The zero-order valence-corrected chi connectivity index (χ0v) is 15.5. The number of ether oxygens (including phenoxy) is 2. The fraction of sp³-hybridized carbons (Fsp3) is 0.450. The van der Waals surface area contributed by atoms with E-state index in [1.165, 1.54) is 19.6 Å². The lowest BCUT2D eigenvalue weighted by Gasteiger charge is -2.29. The molecule has 2 N–H and O–H groups in total. The fourth-order valence-corrected chi connectivity index (χ4v) is 3.12. The van der Waals surface area contributed by atoms with E-state index in [0.717, 1.165) is 19.3 Å². The highest BCUT2D eigenvalue weighted by molar-refractivity contribution is 6.01. The van der Waals surface area contributed by atoms with E-state index in [-0.39, 0.29) is 23.3 Å². The average molecular weight is 372 g/mol. The Hall–Kier alpha value is -3.01. The second-order valence-electron chi connectivity index (χ2n) is 6.60. The first-order valence-corrected chi connectivity index (χ1v) is 8.90. The van der Waals surface area contributed by atoms with Crippen LogP contribution in [0.4, 0.5) is 0 Å². The Morgan fingerprint density at radius 1 is 1.33 bits per heavy atom. The van der Waals surface area contributed by atoms with Crippen LogP contribution < -0.4 is 14.8 Å². The quantitative estimate of drug-likeness (QED) is 0.563. The van der Waals surface area contributed by atoms with Crippen LogP contribution in [0.15, 0.2) is 23.8 Å². The topological polar surface area (TPSA) is 109 Å². The molecule has 0 bridgehead atoms. The predicted molar refractivity (Wildman–Crippen MR) is 99.3 cm³/mol. The van der Waals surface area contributed by atoms with Gasteiger partial charge in [-0.25, -0.2) is 4.79 Å². The van der Waals surface area contributed by atoms with Gasteiger partial charge in [-0.2, -0.15) is 5.26 Å². The summed E-state index contributed by atoms with van der Waals surface area (Å²) < 4.78 is 10.3. The van der Waals surface area contributed by atoms with Gasteiger partial charge >= 0.3 is 5.97 Å². The standard InChI is InChI=1S/C20H24N2O5/c1-13-5-3-4-6-16(13)22-20(25)15(11-21)9-14-7-8-17(18(10-14)26-2)27-12-19(23)24/h7-10,13,16H,3-6,12H2,1-2H3,(H,22,25)(H,23,24)/b15-9+/t13-,16-/m1/s1.